The molecule has 2 nitrogen and oxygen atoms in total. The molecule has 0 aromatic carbocycles. The van der Waals surface area contributed by atoms with E-state index in [9.17, 15) is 0 Å². The van der Waals surface area contributed by atoms with Gasteiger partial charge in [-0.3, -0.25) is 0 Å². The predicted octanol–water partition coefficient (Wildman–Crippen LogP) is 1.14. The van der Waals surface area contributed by atoms with E-state index in [1.807, 2.05) is 0 Å². The first-order valence-electron chi connectivity index (χ1n) is 3.81. The molecule has 0 saturated heterocycles. The molecule has 1 radical (unpaired) electrons. The van der Waals surface area contributed by atoms with Gasteiger partial charge in [0.25, 0.3) is 0 Å². The van der Waals surface area contributed by atoms with E-state index in [4.69, 9.17) is 5.26 Å². The summed E-state index contributed by atoms with van der Waals surface area (Å²) in [5.74, 6) is 0. The van der Waals surface area contributed by atoms with Gasteiger partial charge in [0, 0.05) is 18.8 Å². The standard InChI is InChI=1S/C9H9N2/c10-7-9(3-4-9)8-1-5-11-6-2-8/h1,6,11H,3-5H2. The van der Waals surface area contributed by atoms with Gasteiger partial charge in [0.15, 0.2) is 0 Å². The molecular formula is C9H9N2. The number of nitrogens with one attached hydrogen (secondary N) is 1. The molecule has 0 bridgehead atoms. The largest absolute Gasteiger partial charge is 0.387 e. The second-order valence-electron chi connectivity index (χ2n) is 3.01. The van der Waals surface area contributed by atoms with Gasteiger partial charge in [-0.15, -0.1) is 0 Å². The number of dihydropyridines is 1. The molecule has 2 heteroatoms. The minimum Gasteiger partial charge on any atom is -0.387 e. The maximum atomic E-state index is 8.84. The zero-order valence-corrected chi connectivity index (χ0v) is 6.22. The Morgan fingerprint density at radius 1 is 1.64 bits per heavy atom. The van der Waals surface area contributed by atoms with E-state index >= 15 is 0 Å². The molecule has 1 saturated carbocycles. The minimum atomic E-state index is -0.154. The fourth-order valence-corrected chi connectivity index (χ4v) is 1.31. The van der Waals surface area contributed by atoms with Crippen LogP contribution in [0.25, 0.3) is 0 Å². The summed E-state index contributed by atoms with van der Waals surface area (Å²) in [6.07, 6.45) is 8.95. The SMILES string of the molecule is N#CC1(C2=CCNC=[C]2)CC1. The van der Waals surface area contributed by atoms with Crippen molar-refractivity contribution in [1.29, 1.82) is 5.26 Å². The summed E-state index contributed by atoms with van der Waals surface area (Å²) in [5.41, 5.74) is 0.928. The quantitative estimate of drug-likeness (QED) is 0.600. The first-order chi connectivity index (χ1) is 5.37. The van der Waals surface area contributed by atoms with Crippen molar-refractivity contribution in [2.75, 3.05) is 6.54 Å². The molecule has 2 aliphatic rings. The van der Waals surface area contributed by atoms with Crippen LogP contribution in [-0.2, 0) is 0 Å². The van der Waals surface area contributed by atoms with Gasteiger partial charge in [0.2, 0.25) is 0 Å². The average molecular weight is 145 g/mol. The van der Waals surface area contributed by atoms with E-state index in [1.165, 1.54) is 0 Å². The van der Waals surface area contributed by atoms with Crippen LogP contribution in [0.15, 0.2) is 17.8 Å². The lowest BCUT2D eigenvalue weighted by atomic mass is 9.96. The fourth-order valence-electron chi connectivity index (χ4n) is 1.31. The fraction of sp³-hybridized carbons (Fsp3) is 0.444. The third-order valence-electron chi connectivity index (χ3n) is 2.23. The van der Waals surface area contributed by atoms with Crippen LogP contribution in [0.5, 0.6) is 0 Å². The second kappa shape index (κ2) is 2.13. The Hall–Kier alpha value is -1.23. The smallest absolute Gasteiger partial charge is 0.0827 e. The minimum absolute atomic E-state index is 0.154. The Morgan fingerprint density at radius 2 is 2.45 bits per heavy atom. The van der Waals surface area contributed by atoms with Crippen LogP contribution in [0.1, 0.15) is 12.8 Å². The number of hydrogen-bond acceptors (Lipinski definition) is 2. The van der Waals surface area contributed by atoms with Gasteiger partial charge in [-0.25, -0.2) is 0 Å². The zero-order chi connectivity index (χ0) is 7.73. The number of rotatable bonds is 1. The van der Waals surface area contributed by atoms with Crippen molar-refractivity contribution in [3.63, 3.8) is 0 Å². The maximum absolute atomic E-state index is 8.84. The molecule has 1 aliphatic carbocycles. The Balaban J connectivity index is 2.23. The normalized spacial score (nSPS) is 24.8. The first-order valence-corrected chi connectivity index (χ1v) is 3.81. The lowest BCUT2D eigenvalue weighted by Gasteiger charge is -2.10. The third kappa shape index (κ3) is 0.932. The van der Waals surface area contributed by atoms with Crippen molar-refractivity contribution >= 4 is 0 Å². The van der Waals surface area contributed by atoms with Crippen molar-refractivity contribution in [2.45, 2.75) is 12.8 Å². The summed E-state index contributed by atoms with van der Waals surface area (Å²) in [6.45, 7) is 0.839. The molecule has 11 heavy (non-hydrogen) atoms. The van der Waals surface area contributed by atoms with Gasteiger partial charge in [-0.1, -0.05) is 6.08 Å². The number of nitrogens with zero attached hydrogens (tertiary/aromatic N) is 1. The predicted molar refractivity (Wildman–Crippen MR) is 41.2 cm³/mol. The van der Waals surface area contributed by atoms with Gasteiger partial charge in [0.05, 0.1) is 11.5 Å². The topological polar surface area (TPSA) is 35.8 Å². The molecule has 0 unspecified atom stereocenters. The molecule has 2 rings (SSSR count). The first kappa shape index (κ1) is 6.48. The summed E-state index contributed by atoms with van der Waals surface area (Å²) in [6, 6.07) is 2.34. The van der Waals surface area contributed by atoms with Crippen LogP contribution in [0.3, 0.4) is 0 Å². The zero-order valence-electron chi connectivity index (χ0n) is 6.22. The van der Waals surface area contributed by atoms with Gasteiger partial charge >= 0.3 is 0 Å². The molecule has 1 fully saturated rings. The van der Waals surface area contributed by atoms with Gasteiger partial charge in [0.1, 0.15) is 0 Å². The monoisotopic (exact) mass is 145 g/mol. The van der Waals surface area contributed by atoms with Crippen molar-refractivity contribution in [3.05, 3.63) is 23.9 Å². The highest BCUT2D eigenvalue weighted by Gasteiger charge is 2.45. The Morgan fingerprint density at radius 3 is 2.91 bits per heavy atom. The molecule has 0 aromatic heterocycles. The molecular weight excluding hydrogens is 136 g/mol. The number of hydrogen-bond donors (Lipinski definition) is 1. The van der Waals surface area contributed by atoms with E-state index in [1.54, 1.807) is 6.20 Å². The van der Waals surface area contributed by atoms with Crippen molar-refractivity contribution in [1.82, 2.24) is 5.32 Å². The Kier molecular flexibility index (Phi) is 1.25. The molecule has 1 heterocycles. The van der Waals surface area contributed by atoms with E-state index in [0.29, 0.717) is 0 Å². The molecule has 55 valence electrons. The highest BCUT2D eigenvalue weighted by Crippen LogP contribution is 2.51. The van der Waals surface area contributed by atoms with Crippen LogP contribution in [0.4, 0.5) is 0 Å². The van der Waals surface area contributed by atoms with Crippen molar-refractivity contribution in [2.24, 2.45) is 5.41 Å². The molecule has 1 N–H and O–H groups in total. The number of nitriles is 1. The Bertz CT molecular complexity index is 264. The number of allylic oxidation sites excluding steroid dienone is 2. The van der Waals surface area contributed by atoms with Crippen molar-refractivity contribution < 1.29 is 0 Å². The third-order valence-corrected chi connectivity index (χ3v) is 2.23. The highest BCUT2D eigenvalue weighted by atomic mass is 14.8. The summed E-state index contributed by atoms with van der Waals surface area (Å²) >= 11 is 0. The molecule has 1 aliphatic heterocycles. The summed E-state index contributed by atoms with van der Waals surface area (Å²) in [4.78, 5) is 0. The van der Waals surface area contributed by atoms with E-state index in [-0.39, 0.29) is 5.41 Å². The molecule has 0 amide bonds. The van der Waals surface area contributed by atoms with E-state index in [2.05, 4.69) is 23.5 Å². The molecule has 0 aromatic rings. The summed E-state index contributed by atoms with van der Waals surface area (Å²) < 4.78 is 0. The van der Waals surface area contributed by atoms with Gasteiger partial charge in [-0.2, -0.15) is 5.26 Å². The molecule has 0 spiro atoms. The Labute approximate surface area is 66.2 Å². The van der Waals surface area contributed by atoms with Crippen LogP contribution >= 0.6 is 0 Å². The highest BCUT2D eigenvalue weighted by molar-refractivity contribution is 5.36. The van der Waals surface area contributed by atoms with Gasteiger partial charge < -0.3 is 5.32 Å². The summed E-state index contributed by atoms with van der Waals surface area (Å²) in [5, 5.41) is 11.9. The average Bonchev–Trinajstić information content (AvgIpc) is 2.86. The lowest BCUT2D eigenvalue weighted by Crippen LogP contribution is -2.13. The second-order valence-corrected chi connectivity index (χ2v) is 3.01. The van der Waals surface area contributed by atoms with Crippen LogP contribution in [0, 0.1) is 22.8 Å². The van der Waals surface area contributed by atoms with Gasteiger partial charge in [-0.05, 0) is 18.4 Å². The van der Waals surface area contributed by atoms with E-state index in [0.717, 1.165) is 25.0 Å². The maximum Gasteiger partial charge on any atom is 0.0827 e. The van der Waals surface area contributed by atoms with Crippen LogP contribution in [-0.4, -0.2) is 6.54 Å². The van der Waals surface area contributed by atoms with Crippen LogP contribution < -0.4 is 5.32 Å². The summed E-state index contributed by atoms with van der Waals surface area (Å²) in [7, 11) is 0. The lowest BCUT2D eigenvalue weighted by molar-refractivity contribution is 0.790. The van der Waals surface area contributed by atoms with Crippen LogP contribution in [0.2, 0.25) is 0 Å². The van der Waals surface area contributed by atoms with E-state index < -0.39 is 0 Å². The van der Waals surface area contributed by atoms with Crippen molar-refractivity contribution in [3.8, 4) is 6.07 Å². The molecule has 0 atom stereocenters.